The van der Waals surface area contributed by atoms with Gasteiger partial charge in [-0.1, -0.05) is 109 Å². The second-order valence-corrected chi connectivity index (χ2v) is 29.2. The lowest BCUT2D eigenvalue weighted by atomic mass is 9.87. The number of hydrogen-bond acceptors (Lipinski definition) is 20. The fourth-order valence-electron chi connectivity index (χ4n) is 13.8. The molecule has 16 rings (SSSR count). The van der Waals surface area contributed by atoms with E-state index in [1.54, 1.807) is 148 Å². The molecule has 0 bridgehead atoms. The number of Topliss-reactive ketones (excluding diaryl/α,β-unsaturated/α-hetero) is 1. The number of aromatic nitrogens is 12. The molecule has 1 atom stereocenters. The number of ketones is 2. The van der Waals surface area contributed by atoms with Gasteiger partial charge in [-0.15, -0.1) is 0 Å². The molecular weight excluding hydrogens is 1600 g/mol. The van der Waals surface area contributed by atoms with Crippen LogP contribution in [0.15, 0.2) is 312 Å². The van der Waals surface area contributed by atoms with E-state index in [2.05, 4.69) is 35.2 Å². The maximum Gasteiger partial charge on any atom is 0.416 e. The molecule has 32 heteroatoms. The normalized spacial score (nSPS) is 12.7. The third kappa shape index (κ3) is 18.4. The third-order valence-electron chi connectivity index (χ3n) is 20.2. The van der Waals surface area contributed by atoms with E-state index in [-0.39, 0.29) is 68.9 Å². The van der Waals surface area contributed by atoms with E-state index in [0.717, 1.165) is 17.7 Å². The zero-order valence-electron chi connectivity index (χ0n) is 68.4. The molecule has 15 aromatic rings. The van der Waals surface area contributed by atoms with Crippen molar-refractivity contribution in [1.82, 2.24) is 67.1 Å². The van der Waals surface area contributed by atoms with E-state index < -0.39 is 34.9 Å². The average Bonchev–Trinajstić information content (AvgIpc) is 1.60. The van der Waals surface area contributed by atoms with Gasteiger partial charge in [0.2, 0.25) is 11.8 Å². The molecule has 1 aliphatic carbocycles. The van der Waals surface area contributed by atoms with Crippen LogP contribution in [-0.2, 0) is 20.6 Å². The first kappa shape index (κ1) is 85.1. The van der Waals surface area contributed by atoms with E-state index in [4.69, 9.17) is 21.9 Å². The summed E-state index contributed by atoms with van der Waals surface area (Å²) in [6, 6.07) is 63.7. The Balaban J connectivity index is 0.000000153. The lowest BCUT2D eigenvalue weighted by Crippen LogP contribution is -2.25. The van der Waals surface area contributed by atoms with Gasteiger partial charge in [0.1, 0.15) is 47.0 Å². The van der Waals surface area contributed by atoms with Crippen LogP contribution in [0.4, 0.5) is 47.7 Å². The van der Waals surface area contributed by atoms with Gasteiger partial charge in [-0.05, 0) is 198 Å². The number of hydrogen-bond donors (Lipinski definition) is 4. The van der Waals surface area contributed by atoms with Crippen LogP contribution in [0, 0.1) is 0 Å². The summed E-state index contributed by atoms with van der Waals surface area (Å²) < 4.78 is 53.6. The summed E-state index contributed by atoms with van der Waals surface area (Å²) in [5, 5.41) is 2.46. The second-order valence-electron chi connectivity index (χ2n) is 29.2. The first-order chi connectivity index (χ1) is 60.1. The van der Waals surface area contributed by atoms with Crippen molar-refractivity contribution in [3.8, 4) is 45.6 Å². The highest BCUT2D eigenvalue weighted by atomic mass is 19.4. The number of alkyl halides is 3. The number of nitrogens with one attached hydrogen (secondary N) is 1. The van der Waals surface area contributed by atoms with E-state index in [9.17, 15) is 51.5 Å². The molecule has 125 heavy (non-hydrogen) atoms. The number of allylic oxidation sites excluding steroid dienone is 4. The Labute approximate surface area is 711 Å². The van der Waals surface area contributed by atoms with Crippen molar-refractivity contribution in [2.75, 3.05) is 87.7 Å². The number of carbonyl (C=O) groups is 5. The van der Waals surface area contributed by atoms with Gasteiger partial charge in [-0.3, -0.25) is 37.7 Å². The minimum absolute atomic E-state index is 0.0210. The number of carbonyl (C=O) groups excluding carboxylic acids is 5. The summed E-state index contributed by atoms with van der Waals surface area (Å²) in [6.07, 6.45) is 11.4. The van der Waals surface area contributed by atoms with Crippen LogP contribution in [0.2, 0.25) is 0 Å². The molecule has 0 fully saturated rings. The van der Waals surface area contributed by atoms with Crippen molar-refractivity contribution in [3.05, 3.63) is 357 Å². The van der Waals surface area contributed by atoms with E-state index in [0.29, 0.717) is 109 Å². The lowest BCUT2D eigenvalue weighted by Gasteiger charge is -2.16. The molecule has 3 amide bonds. The van der Waals surface area contributed by atoms with E-state index >= 15 is 0 Å². The number of para-hydroxylation sites is 1. The predicted octanol–water partition coefficient (Wildman–Crippen LogP) is 13.1. The van der Waals surface area contributed by atoms with Gasteiger partial charge in [-0.25, -0.2) is 58.0 Å². The summed E-state index contributed by atoms with van der Waals surface area (Å²) in [5.74, 6) is 0.0750. The van der Waals surface area contributed by atoms with Gasteiger partial charge < -0.3 is 46.9 Å². The van der Waals surface area contributed by atoms with E-state index in [1.165, 1.54) is 105 Å². The highest BCUT2D eigenvalue weighted by Gasteiger charge is 2.32. The highest BCUT2D eigenvalue weighted by Crippen LogP contribution is 2.35. The summed E-state index contributed by atoms with van der Waals surface area (Å²) >= 11 is 0. The zero-order valence-corrected chi connectivity index (χ0v) is 68.4. The number of anilines is 6. The number of imidazole rings is 3. The Hall–Kier alpha value is -16.4. The molecule has 7 N–H and O–H groups in total. The number of halogens is 3. The van der Waals surface area contributed by atoms with Gasteiger partial charge in [0, 0.05) is 73.1 Å². The number of nitrogen functional groups attached to an aromatic ring is 3. The fourth-order valence-corrected chi connectivity index (χ4v) is 13.8. The predicted molar refractivity (Wildman–Crippen MR) is 475 cm³/mol. The number of rotatable bonds is 21. The van der Waals surface area contributed by atoms with Crippen molar-refractivity contribution in [1.29, 1.82) is 0 Å². The number of nitrogens with zero attached hydrogens (tertiary/aromatic N) is 16. The number of ether oxygens (including phenoxy) is 1. The topological polar surface area (TPSA) is 356 Å². The molecule has 0 saturated heterocycles. The van der Waals surface area contributed by atoms with Gasteiger partial charge in [0.15, 0.2) is 46.0 Å². The van der Waals surface area contributed by atoms with Crippen molar-refractivity contribution in [3.63, 3.8) is 0 Å². The Morgan fingerprint density at radius 3 is 1.31 bits per heavy atom. The second kappa shape index (κ2) is 36.7. The van der Waals surface area contributed by atoms with Gasteiger partial charge >= 0.3 is 23.2 Å². The summed E-state index contributed by atoms with van der Waals surface area (Å²) in [5.41, 5.74) is 25.0. The van der Waals surface area contributed by atoms with E-state index in [1.807, 2.05) is 123 Å². The van der Waals surface area contributed by atoms with Gasteiger partial charge in [-0.2, -0.15) is 13.2 Å². The van der Waals surface area contributed by atoms with Crippen molar-refractivity contribution in [2.24, 2.45) is 0 Å². The summed E-state index contributed by atoms with van der Waals surface area (Å²) in [4.78, 5) is 138. The van der Waals surface area contributed by atoms with Crippen LogP contribution in [0.1, 0.15) is 50.2 Å². The molecule has 0 saturated carbocycles. The van der Waals surface area contributed by atoms with Crippen molar-refractivity contribution < 1.29 is 41.9 Å². The monoisotopic (exact) mass is 1680 g/mol. The highest BCUT2D eigenvalue weighted by molar-refractivity contribution is 6.09. The molecule has 9 aromatic carbocycles. The Morgan fingerprint density at radius 1 is 0.448 bits per heavy atom. The Bertz CT molecular complexity index is 6950. The number of fused-ring (bicyclic) bond motifs is 3. The molecule has 0 radical (unpaired) electrons. The van der Waals surface area contributed by atoms with Gasteiger partial charge in [0.05, 0.1) is 45.6 Å². The SMILES string of the molecule is CC1=CC=CC(c2cccc(-n3c(=O)n(-c4ccc(Oc5ccccc5)cc4)c4c(N)ncnc43)c2)C1=O.CN(C)C/C=C/C(=O)N(C)c1cccc(-n2c(=O)n(-c3ccc(C(=O)Nc4cccc(C(F)(F)F)c4)cc3)c3c(N)ncnc32)c1.CN(C)C/C=C/C(=O)N(C)c1cccc(-n2c(=O)n(-c3ccc(C(=O)c4ccccc4)cc3)c3c(N)ncnc32)c1. The summed E-state index contributed by atoms with van der Waals surface area (Å²) in [6.45, 7) is 3.03. The van der Waals surface area contributed by atoms with Crippen LogP contribution >= 0.6 is 0 Å². The lowest BCUT2D eigenvalue weighted by molar-refractivity contribution is -0.137. The van der Waals surface area contributed by atoms with Crippen molar-refractivity contribution >= 4 is 97.3 Å². The minimum Gasteiger partial charge on any atom is -0.457 e. The molecule has 1 aliphatic rings. The average molecular weight is 1680 g/mol. The molecule has 6 heterocycles. The zero-order chi connectivity index (χ0) is 88.5. The number of nitrogens with two attached hydrogens (primary N) is 3. The van der Waals surface area contributed by atoms with Crippen LogP contribution in [0.25, 0.3) is 67.6 Å². The molecule has 628 valence electrons. The number of benzene rings is 9. The Morgan fingerprint density at radius 2 is 0.856 bits per heavy atom. The first-order valence-corrected chi connectivity index (χ1v) is 38.8. The molecule has 29 nitrogen and oxygen atoms in total. The van der Waals surface area contributed by atoms with Crippen LogP contribution < -0.4 is 54.1 Å². The number of likely N-dealkylation sites (N-methyl/N-ethyl adjacent to an activating group) is 4. The smallest absolute Gasteiger partial charge is 0.416 e. The molecule has 0 aliphatic heterocycles. The molecule has 6 aromatic heterocycles. The molecule has 1 unspecified atom stereocenters. The molecular formula is C93H81F3N20O9. The van der Waals surface area contributed by atoms with Gasteiger partial charge in [0.25, 0.3) is 5.91 Å². The maximum absolute atomic E-state index is 14.0. The third-order valence-corrected chi connectivity index (χ3v) is 20.2. The largest absolute Gasteiger partial charge is 0.457 e. The fraction of sp³-hybridized carbons (Fsp3) is 0.118. The number of amides is 3. The minimum atomic E-state index is -4.56. The molecule has 0 spiro atoms. The standard InChI is InChI=1S/C32H29F3N8O3.C31H29N7O3.C30H23N5O3/c1-40(2)16-6-11-26(44)41(3)24-9-5-10-25(18-24)43-29-27(28(36)37-19-38-29)42(31(43)46)23-14-12-20(13-15-23)30(45)39-22-8-4-7-21(17-22)32(33,34)35;1-35(2)18-8-13-26(39)36(3)24-11-7-12-25(19-24)38-30-27(29(32)33-20-34-30)37(31(38)41)23-16-14-22(15-17-23)28(40)21-9-5-4-6-10-21;1-19-7-5-12-25(27(19)36)20-8-6-9-22(17-20)35-29-26(28(31)32-18-33-29)34(30(35)37)21-13-15-24(16-14-21)38-23-10-3-2-4-11-23/h4-15,17-19H,16H2,1-3H3,(H,39,45)(H2,36,37,38);4-17,19-20H,18H2,1-3H3,(H2,32,33,34);2-18,25H,1H3,(H2,31,32,33)/b11-6+;13-8+;. The van der Waals surface area contributed by atoms with Crippen LogP contribution in [0.3, 0.4) is 0 Å². The first-order valence-electron chi connectivity index (χ1n) is 38.8. The van der Waals surface area contributed by atoms with Crippen LogP contribution in [0.5, 0.6) is 11.5 Å². The quantitative estimate of drug-likeness (QED) is 0.0383. The van der Waals surface area contributed by atoms with Crippen molar-refractivity contribution in [2.45, 2.75) is 19.0 Å². The maximum atomic E-state index is 14.0. The Kier molecular flexibility index (Phi) is 25.0. The van der Waals surface area contributed by atoms with Crippen LogP contribution in [-0.4, -0.2) is 152 Å². The summed E-state index contributed by atoms with van der Waals surface area (Å²) in [7, 11) is 10.9.